The summed E-state index contributed by atoms with van der Waals surface area (Å²) in [5.74, 6) is 1.90. The SMILES string of the molecule is CCc1nc(CCNC(=NC)N2CCC(C)CC2)cs1.I. The van der Waals surface area contributed by atoms with Crippen LogP contribution < -0.4 is 5.32 Å². The highest BCUT2D eigenvalue weighted by atomic mass is 127. The number of hydrogen-bond donors (Lipinski definition) is 1. The Balaban J connectivity index is 0.00000220. The Morgan fingerprint density at radius 1 is 1.48 bits per heavy atom. The van der Waals surface area contributed by atoms with Crippen LogP contribution in [0, 0.1) is 5.92 Å². The van der Waals surface area contributed by atoms with Gasteiger partial charge in [0.25, 0.3) is 0 Å². The van der Waals surface area contributed by atoms with Crippen molar-refractivity contribution in [3.63, 3.8) is 0 Å². The summed E-state index contributed by atoms with van der Waals surface area (Å²) in [5.41, 5.74) is 1.20. The largest absolute Gasteiger partial charge is 0.356 e. The van der Waals surface area contributed by atoms with E-state index in [0.29, 0.717) is 0 Å². The van der Waals surface area contributed by atoms with Gasteiger partial charge >= 0.3 is 0 Å². The van der Waals surface area contributed by atoms with Gasteiger partial charge in [0.1, 0.15) is 0 Å². The van der Waals surface area contributed by atoms with Gasteiger partial charge in [-0.1, -0.05) is 13.8 Å². The summed E-state index contributed by atoms with van der Waals surface area (Å²) in [6, 6.07) is 0. The van der Waals surface area contributed by atoms with Crippen LogP contribution in [0.5, 0.6) is 0 Å². The maximum atomic E-state index is 4.60. The van der Waals surface area contributed by atoms with E-state index in [1.54, 1.807) is 11.3 Å². The second kappa shape index (κ2) is 9.61. The first-order chi connectivity index (χ1) is 9.72. The van der Waals surface area contributed by atoms with Crippen LogP contribution in [0.1, 0.15) is 37.4 Å². The number of guanidine groups is 1. The van der Waals surface area contributed by atoms with Crippen molar-refractivity contribution in [1.29, 1.82) is 0 Å². The minimum Gasteiger partial charge on any atom is -0.356 e. The summed E-state index contributed by atoms with van der Waals surface area (Å²) < 4.78 is 0. The number of nitrogens with zero attached hydrogens (tertiary/aromatic N) is 3. The van der Waals surface area contributed by atoms with Crippen molar-refractivity contribution >= 4 is 41.3 Å². The number of rotatable bonds is 4. The third kappa shape index (κ3) is 5.73. The normalized spacial score (nSPS) is 16.7. The minimum atomic E-state index is 0. The molecule has 0 aromatic carbocycles. The number of aliphatic imine (C=N–C) groups is 1. The molecule has 1 aliphatic heterocycles. The Labute approximate surface area is 149 Å². The highest BCUT2D eigenvalue weighted by Gasteiger charge is 2.18. The molecule has 0 spiro atoms. The first-order valence-electron chi connectivity index (χ1n) is 7.61. The standard InChI is InChI=1S/C15H26N4S.HI/c1-4-14-18-13(11-20-14)5-8-17-15(16-3)19-9-6-12(2)7-10-19;/h11-12H,4-10H2,1-3H3,(H,16,17);1H. The molecular weight excluding hydrogens is 395 g/mol. The summed E-state index contributed by atoms with van der Waals surface area (Å²) in [6.45, 7) is 7.64. The van der Waals surface area contributed by atoms with Gasteiger partial charge in [-0.2, -0.15) is 0 Å². The van der Waals surface area contributed by atoms with Crippen LogP contribution in [0.25, 0.3) is 0 Å². The lowest BCUT2D eigenvalue weighted by Gasteiger charge is -2.32. The molecule has 0 bridgehead atoms. The Kier molecular flexibility index (Phi) is 8.55. The molecule has 0 atom stereocenters. The summed E-state index contributed by atoms with van der Waals surface area (Å²) in [6.07, 6.45) is 4.55. The van der Waals surface area contributed by atoms with Crippen molar-refractivity contribution in [2.45, 2.75) is 39.5 Å². The van der Waals surface area contributed by atoms with Crippen molar-refractivity contribution in [1.82, 2.24) is 15.2 Å². The van der Waals surface area contributed by atoms with Gasteiger partial charge in [-0.3, -0.25) is 4.99 Å². The van der Waals surface area contributed by atoms with Gasteiger partial charge in [0, 0.05) is 38.5 Å². The lowest BCUT2D eigenvalue weighted by atomic mass is 10.00. The van der Waals surface area contributed by atoms with Gasteiger partial charge in [0.05, 0.1) is 10.7 Å². The summed E-state index contributed by atoms with van der Waals surface area (Å²) >= 11 is 1.76. The molecular formula is C15H27IN4S. The quantitative estimate of drug-likeness (QED) is 0.461. The van der Waals surface area contributed by atoms with Crippen LogP contribution in [-0.4, -0.2) is 42.5 Å². The van der Waals surface area contributed by atoms with Gasteiger partial charge in [0.2, 0.25) is 0 Å². The summed E-state index contributed by atoms with van der Waals surface area (Å²) in [7, 11) is 1.87. The maximum Gasteiger partial charge on any atom is 0.193 e. The van der Waals surface area contributed by atoms with E-state index in [1.807, 2.05) is 7.05 Å². The van der Waals surface area contributed by atoms with Crippen LogP contribution in [0.3, 0.4) is 0 Å². The fourth-order valence-corrected chi connectivity index (χ4v) is 3.26. The first-order valence-corrected chi connectivity index (χ1v) is 8.49. The van der Waals surface area contributed by atoms with Crippen LogP contribution in [-0.2, 0) is 12.8 Å². The molecule has 1 aliphatic rings. The maximum absolute atomic E-state index is 4.60. The molecule has 0 unspecified atom stereocenters. The fraction of sp³-hybridized carbons (Fsp3) is 0.733. The van der Waals surface area contributed by atoms with E-state index in [0.717, 1.165) is 44.4 Å². The monoisotopic (exact) mass is 422 g/mol. The Bertz CT molecular complexity index is 439. The van der Waals surface area contributed by atoms with Crippen LogP contribution in [0.2, 0.25) is 0 Å². The lowest BCUT2D eigenvalue weighted by molar-refractivity contribution is 0.273. The van der Waals surface area contributed by atoms with Crippen molar-refractivity contribution in [3.8, 4) is 0 Å². The van der Waals surface area contributed by atoms with Crippen LogP contribution >= 0.6 is 35.3 Å². The Hall–Kier alpha value is -0.370. The number of hydrogen-bond acceptors (Lipinski definition) is 3. The van der Waals surface area contributed by atoms with E-state index in [4.69, 9.17) is 0 Å². The van der Waals surface area contributed by atoms with Gasteiger partial charge in [-0.25, -0.2) is 4.98 Å². The smallest absolute Gasteiger partial charge is 0.193 e. The summed E-state index contributed by atoms with van der Waals surface area (Å²) in [5, 5.41) is 6.87. The molecule has 1 saturated heterocycles. The number of nitrogens with one attached hydrogen (secondary N) is 1. The highest BCUT2D eigenvalue weighted by molar-refractivity contribution is 14.0. The minimum absolute atomic E-state index is 0. The average Bonchev–Trinajstić information content (AvgIpc) is 2.93. The van der Waals surface area contributed by atoms with Crippen LogP contribution in [0.15, 0.2) is 10.4 Å². The van der Waals surface area contributed by atoms with Crippen molar-refractivity contribution in [2.75, 3.05) is 26.7 Å². The lowest BCUT2D eigenvalue weighted by Crippen LogP contribution is -2.45. The topological polar surface area (TPSA) is 40.5 Å². The zero-order valence-corrected chi connectivity index (χ0v) is 16.4. The molecule has 0 saturated carbocycles. The molecule has 0 aliphatic carbocycles. The highest BCUT2D eigenvalue weighted by Crippen LogP contribution is 2.16. The number of aryl methyl sites for hydroxylation is 1. The molecule has 2 rings (SSSR count). The Morgan fingerprint density at radius 3 is 2.76 bits per heavy atom. The number of halogens is 1. The third-order valence-electron chi connectivity index (χ3n) is 3.86. The van der Waals surface area contributed by atoms with Gasteiger partial charge < -0.3 is 10.2 Å². The summed E-state index contributed by atoms with van der Waals surface area (Å²) in [4.78, 5) is 11.4. The second-order valence-corrected chi connectivity index (χ2v) is 6.42. The van der Waals surface area contributed by atoms with Crippen molar-refractivity contribution < 1.29 is 0 Å². The molecule has 2 heterocycles. The van der Waals surface area contributed by atoms with E-state index < -0.39 is 0 Å². The van der Waals surface area contributed by atoms with Gasteiger partial charge in [0.15, 0.2) is 5.96 Å². The molecule has 4 nitrogen and oxygen atoms in total. The second-order valence-electron chi connectivity index (χ2n) is 5.48. The Morgan fingerprint density at radius 2 is 2.19 bits per heavy atom. The number of thiazole rings is 1. The predicted octanol–water partition coefficient (Wildman–Crippen LogP) is 3.17. The molecule has 1 N–H and O–H groups in total. The average molecular weight is 422 g/mol. The third-order valence-corrected chi connectivity index (χ3v) is 4.90. The molecule has 1 aromatic rings. The molecule has 1 fully saturated rings. The van der Waals surface area contributed by atoms with Crippen LogP contribution in [0.4, 0.5) is 0 Å². The van der Waals surface area contributed by atoms with E-state index in [2.05, 4.69) is 39.4 Å². The molecule has 6 heteroatoms. The molecule has 0 amide bonds. The zero-order valence-electron chi connectivity index (χ0n) is 13.3. The molecule has 1 aromatic heterocycles. The first kappa shape index (κ1) is 18.7. The van der Waals surface area contributed by atoms with Gasteiger partial charge in [-0.15, -0.1) is 35.3 Å². The number of piperidine rings is 1. The number of likely N-dealkylation sites (tertiary alicyclic amines) is 1. The van der Waals surface area contributed by atoms with Crippen molar-refractivity contribution in [2.24, 2.45) is 10.9 Å². The molecule has 0 radical (unpaired) electrons. The van der Waals surface area contributed by atoms with Gasteiger partial charge in [-0.05, 0) is 25.2 Å². The fourth-order valence-electron chi connectivity index (χ4n) is 2.48. The van der Waals surface area contributed by atoms with E-state index in [1.165, 1.54) is 23.5 Å². The van der Waals surface area contributed by atoms with E-state index in [9.17, 15) is 0 Å². The number of aromatic nitrogens is 1. The zero-order chi connectivity index (χ0) is 14.4. The molecule has 120 valence electrons. The predicted molar refractivity (Wildman–Crippen MR) is 102 cm³/mol. The van der Waals surface area contributed by atoms with E-state index >= 15 is 0 Å². The molecule has 21 heavy (non-hydrogen) atoms. The van der Waals surface area contributed by atoms with Crippen molar-refractivity contribution in [3.05, 3.63) is 16.1 Å². The van der Waals surface area contributed by atoms with E-state index in [-0.39, 0.29) is 24.0 Å².